The first-order chi connectivity index (χ1) is 9.21. The summed E-state index contributed by atoms with van der Waals surface area (Å²) in [4.78, 5) is 0. The second-order valence-corrected chi connectivity index (χ2v) is 6.56. The lowest BCUT2D eigenvalue weighted by Crippen LogP contribution is -2.32. The van der Waals surface area contributed by atoms with Gasteiger partial charge in [-0.2, -0.15) is 5.10 Å². The summed E-state index contributed by atoms with van der Waals surface area (Å²) in [7, 11) is 2.06. The fourth-order valence-electron chi connectivity index (χ4n) is 3.53. The van der Waals surface area contributed by atoms with E-state index in [0.717, 1.165) is 24.9 Å². The van der Waals surface area contributed by atoms with Gasteiger partial charge >= 0.3 is 0 Å². The lowest BCUT2D eigenvalue weighted by atomic mass is 9.71. The zero-order chi connectivity index (χ0) is 13.8. The predicted molar refractivity (Wildman–Crippen MR) is 83.4 cm³/mol. The number of aryl methyl sites for hydroxylation is 1. The van der Waals surface area contributed by atoms with Crippen molar-refractivity contribution in [2.24, 2.45) is 11.8 Å². The summed E-state index contributed by atoms with van der Waals surface area (Å²) in [6, 6.07) is 0. The highest BCUT2D eigenvalue weighted by molar-refractivity contribution is 9.10. The zero-order valence-electron chi connectivity index (χ0n) is 12.3. The fourth-order valence-corrected chi connectivity index (χ4v) is 4.12. The Morgan fingerprint density at radius 3 is 2.84 bits per heavy atom. The summed E-state index contributed by atoms with van der Waals surface area (Å²) >= 11 is 3.71. The summed E-state index contributed by atoms with van der Waals surface area (Å²) in [5, 5.41) is 7.88. The van der Waals surface area contributed by atoms with E-state index in [1.165, 1.54) is 35.8 Å². The molecule has 0 aromatic carbocycles. The van der Waals surface area contributed by atoms with Crippen LogP contribution in [-0.2, 0) is 6.54 Å². The molecule has 1 aliphatic carbocycles. The fraction of sp³-hybridized carbons (Fsp3) is 0.800. The number of hydrogen-bond donors (Lipinski definition) is 1. The lowest BCUT2D eigenvalue weighted by molar-refractivity contribution is 0.220. The molecule has 0 spiro atoms. The Labute approximate surface area is 125 Å². The van der Waals surface area contributed by atoms with Gasteiger partial charge in [0, 0.05) is 12.5 Å². The maximum Gasteiger partial charge on any atom is 0.0635 e. The molecule has 0 saturated heterocycles. The first-order valence-corrected chi connectivity index (χ1v) is 8.36. The van der Waals surface area contributed by atoms with Gasteiger partial charge in [-0.15, -0.1) is 0 Å². The molecule has 3 atom stereocenters. The van der Waals surface area contributed by atoms with Crippen molar-refractivity contribution in [2.75, 3.05) is 13.6 Å². The molecule has 4 heteroatoms. The summed E-state index contributed by atoms with van der Waals surface area (Å²) in [5.74, 6) is 2.26. The van der Waals surface area contributed by atoms with E-state index in [0.29, 0.717) is 5.92 Å². The van der Waals surface area contributed by atoms with Crippen LogP contribution in [0.4, 0.5) is 0 Å². The quantitative estimate of drug-likeness (QED) is 0.891. The highest BCUT2D eigenvalue weighted by Gasteiger charge is 2.33. The van der Waals surface area contributed by atoms with Gasteiger partial charge in [-0.1, -0.05) is 19.8 Å². The number of nitrogens with zero attached hydrogens (tertiary/aromatic N) is 2. The van der Waals surface area contributed by atoms with Gasteiger partial charge in [-0.3, -0.25) is 4.68 Å². The zero-order valence-corrected chi connectivity index (χ0v) is 13.9. The van der Waals surface area contributed by atoms with Gasteiger partial charge in [0.1, 0.15) is 0 Å². The van der Waals surface area contributed by atoms with Crippen molar-refractivity contribution in [3.05, 3.63) is 16.4 Å². The SMILES string of the molecule is CCC1CCC(CNC)C(c2c(Br)cnn2CC)C1. The van der Waals surface area contributed by atoms with Crippen LogP contribution in [0.15, 0.2) is 10.7 Å². The molecule has 2 rings (SSSR count). The van der Waals surface area contributed by atoms with Gasteiger partial charge in [0.2, 0.25) is 0 Å². The molecule has 0 bridgehead atoms. The van der Waals surface area contributed by atoms with E-state index in [1.54, 1.807) is 0 Å². The van der Waals surface area contributed by atoms with Crippen molar-refractivity contribution < 1.29 is 0 Å². The Kier molecular flexibility index (Phi) is 5.46. The molecule has 3 unspecified atom stereocenters. The van der Waals surface area contributed by atoms with Crippen LogP contribution in [0.5, 0.6) is 0 Å². The third kappa shape index (κ3) is 3.22. The van der Waals surface area contributed by atoms with E-state index in [-0.39, 0.29) is 0 Å². The van der Waals surface area contributed by atoms with Crippen LogP contribution in [0.2, 0.25) is 0 Å². The molecule has 3 nitrogen and oxygen atoms in total. The number of aromatic nitrogens is 2. The van der Waals surface area contributed by atoms with E-state index < -0.39 is 0 Å². The minimum absolute atomic E-state index is 0.642. The average Bonchev–Trinajstić information content (AvgIpc) is 2.80. The Morgan fingerprint density at radius 2 is 2.21 bits per heavy atom. The monoisotopic (exact) mass is 327 g/mol. The Hall–Kier alpha value is -0.350. The van der Waals surface area contributed by atoms with Crippen LogP contribution in [0.25, 0.3) is 0 Å². The Morgan fingerprint density at radius 1 is 1.42 bits per heavy atom. The van der Waals surface area contributed by atoms with E-state index in [9.17, 15) is 0 Å². The van der Waals surface area contributed by atoms with E-state index in [2.05, 4.69) is 51.9 Å². The van der Waals surface area contributed by atoms with Gasteiger partial charge < -0.3 is 5.32 Å². The third-order valence-corrected chi connectivity index (χ3v) is 5.24. The van der Waals surface area contributed by atoms with Gasteiger partial charge in [0.25, 0.3) is 0 Å². The van der Waals surface area contributed by atoms with E-state index >= 15 is 0 Å². The summed E-state index contributed by atoms with van der Waals surface area (Å²) in [5.41, 5.74) is 1.42. The molecule has 0 amide bonds. The lowest BCUT2D eigenvalue weighted by Gasteiger charge is -2.36. The van der Waals surface area contributed by atoms with Gasteiger partial charge in [0.05, 0.1) is 16.4 Å². The molecule has 1 aliphatic rings. The number of hydrogen-bond acceptors (Lipinski definition) is 2. The van der Waals surface area contributed by atoms with Gasteiger partial charge in [0.15, 0.2) is 0 Å². The van der Waals surface area contributed by atoms with Crippen molar-refractivity contribution in [2.45, 2.75) is 52.0 Å². The number of halogens is 1. The van der Waals surface area contributed by atoms with Crippen molar-refractivity contribution in [3.63, 3.8) is 0 Å². The largest absolute Gasteiger partial charge is 0.319 e. The molecule has 1 aromatic heterocycles. The van der Waals surface area contributed by atoms with Crippen molar-refractivity contribution >= 4 is 15.9 Å². The average molecular weight is 328 g/mol. The predicted octanol–water partition coefficient (Wildman–Crippen LogP) is 3.79. The second-order valence-electron chi connectivity index (χ2n) is 5.71. The van der Waals surface area contributed by atoms with Crippen molar-refractivity contribution in [1.29, 1.82) is 0 Å². The van der Waals surface area contributed by atoms with Crippen LogP contribution in [0.1, 0.15) is 51.1 Å². The van der Waals surface area contributed by atoms with Crippen LogP contribution in [0.3, 0.4) is 0 Å². The van der Waals surface area contributed by atoms with Crippen LogP contribution in [-0.4, -0.2) is 23.4 Å². The molecule has 1 N–H and O–H groups in total. The molecule has 1 fully saturated rings. The summed E-state index contributed by atoms with van der Waals surface area (Å²) in [6.07, 6.45) is 7.31. The molecule has 108 valence electrons. The van der Waals surface area contributed by atoms with E-state index in [1.807, 2.05) is 6.20 Å². The van der Waals surface area contributed by atoms with Crippen LogP contribution >= 0.6 is 15.9 Å². The van der Waals surface area contributed by atoms with Crippen LogP contribution < -0.4 is 5.32 Å². The smallest absolute Gasteiger partial charge is 0.0635 e. The van der Waals surface area contributed by atoms with Gasteiger partial charge in [-0.05, 0) is 61.1 Å². The minimum Gasteiger partial charge on any atom is -0.319 e. The van der Waals surface area contributed by atoms with Gasteiger partial charge in [-0.25, -0.2) is 0 Å². The van der Waals surface area contributed by atoms with E-state index in [4.69, 9.17) is 0 Å². The number of rotatable bonds is 5. The molecule has 0 aliphatic heterocycles. The molecule has 1 heterocycles. The standard InChI is InChI=1S/C15H26BrN3/c1-4-11-6-7-12(9-17-3)13(8-11)15-14(16)10-18-19(15)5-2/h10-13,17H,4-9H2,1-3H3. The molecule has 0 radical (unpaired) electrons. The highest BCUT2D eigenvalue weighted by Crippen LogP contribution is 2.43. The van der Waals surface area contributed by atoms with Crippen molar-refractivity contribution in [1.82, 2.24) is 15.1 Å². The number of nitrogens with one attached hydrogen (secondary N) is 1. The Balaban J connectivity index is 2.27. The Bertz CT molecular complexity index is 402. The normalized spacial score (nSPS) is 27.7. The van der Waals surface area contributed by atoms with Crippen LogP contribution in [0, 0.1) is 11.8 Å². The molecular weight excluding hydrogens is 302 g/mol. The molecule has 1 saturated carbocycles. The highest BCUT2D eigenvalue weighted by atomic mass is 79.9. The summed E-state index contributed by atoms with van der Waals surface area (Å²) in [6.45, 7) is 6.57. The maximum absolute atomic E-state index is 4.50. The summed E-state index contributed by atoms with van der Waals surface area (Å²) < 4.78 is 3.37. The second kappa shape index (κ2) is 6.89. The maximum atomic E-state index is 4.50. The van der Waals surface area contributed by atoms with Crippen molar-refractivity contribution in [3.8, 4) is 0 Å². The first-order valence-electron chi connectivity index (χ1n) is 7.56. The molecular formula is C15H26BrN3. The minimum atomic E-state index is 0.642. The molecule has 19 heavy (non-hydrogen) atoms. The topological polar surface area (TPSA) is 29.9 Å². The first kappa shape index (κ1) is 15.0. The molecule has 1 aromatic rings. The third-order valence-electron chi connectivity index (χ3n) is 4.63.